The van der Waals surface area contributed by atoms with Crippen molar-refractivity contribution in [2.75, 3.05) is 20.4 Å². The number of hydrogen-bond acceptors (Lipinski definition) is 3. The summed E-state index contributed by atoms with van der Waals surface area (Å²) in [6.07, 6.45) is 2.94. The van der Waals surface area contributed by atoms with Crippen LogP contribution in [0.4, 0.5) is 0 Å². The quantitative estimate of drug-likeness (QED) is 0.776. The molecule has 4 nitrogen and oxygen atoms in total. The van der Waals surface area contributed by atoms with E-state index in [1.165, 1.54) is 0 Å². The van der Waals surface area contributed by atoms with Gasteiger partial charge in [0.1, 0.15) is 5.75 Å². The molecule has 0 bridgehead atoms. The molecule has 108 valence electrons. The molecule has 1 amide bonds. The SMILES string of the molecule is CCN1C(=O)C(C)CC=C1c1ccc(OCOC)cc1. The maximum Gasteiger partial charge on any atom is 0.230 e. The van der Waals surface area contributed by atoms with Crippen LogP contribution in [0.15, 0.2) is 30.3 Å². The molecule has 1 aromatic rings. The van der Waals surface area contributed by atoms with Crippen molar-refractivity contribution in [1.29, 1.82) is 0 Å². The predicted octanol–water partition coefficient (Wildman–Crippen LogP) is 2.90. The van der Waals surface area contributed by atoms with Crippen LogP contribution >= 0.6 is 0 Å². The van der Waals surface area contributed by atoms with E-state index in [1.54, 1.807) is 7.11 Å². The van der Waals surface area contributed by atoms with Crippen LogP contribution < -0.4 is 4.74 Å². The Morgan fingerprint density at radius 3 is 2.60 bits per heavy atom. The first-order valence-corrected chi connectivity index (χ1v) is 6.91. The number of benzene rings is 1. The zero-order chi connectivity index (χ0) is 14.5. The summed E-state index contributed by atoms with van der Waals surface area (Å²) in [6, 6.07) is 7.74. The number of hydrogen-bond donors (Lipinski definition) is 0. The van der Waals surface area contributed by atoms with Gasteiger partial charge in [-0.2, -0.15) is 0 Å². The van der Waals surface area contributed by atoms with Crippen molar-refractivity contribution in [1.82, 2.24) is 4.90 Å². The highest BCUT2D eigenvalue weighted by Gasteiger charge is 2.26. The van der Waals surface area contributed by atoms with Gasteiger partial charge in [-0.25, -0.2) is 0 Å². The first-order chi connectivity index (χ1) is 9.67. The molecule has 0 saturated heterocycles. The molecule has 2 rings (SSSR count). The maximum absolute atomic E-state index is 12.2. The van der Waals surface area contributed by atoms with Gasteiger partial charge >= 0.3 is 0 Å². The highest BCUT2D eigenvalue weighted by molar-refractivity contribution is 5.90. The molecule has 0 aliphatic carbocycles. The fourth-order valence-corrected chi connectivity index (χ4v) is 2.33. The van der Waals surface area contributed by atoms with Crippen molar-refractivity contribution in [3.63, 3.8) is 0 Å². The van der Waals surface area contributed by atoms with E-state index >= 15 is 0 Å². The monoisotopic (exact) mass is 275 g/mol. The topological polar surface area (TPSA) is 38.8 Å². The Morgan fingerprint density at radius 1 is 1.30 bits per heavy atom. The second-order valence-electron chi connectivity index (χ2n) is 4.88. The van der Waals surface area contributed by atoms with E-state index in [1.807, 2.05) is 43.0 Å². The molecule has 0 spiro atoms. The second kappa shape index (κ2) is 6.57. The number of nitrogens with zero attached hydrogens (tertiary/aromatic N) is 1. The Labute approximate surface area is 120 Å². The lowest BCUT2D eigenvalue weighted by atomic mass is 9.97. The van der Waals surface area contributed by atoms with E-state index in [0.717, 1.165) is 23.4 Å². The van der Waals surface area contributed by atoms with Gasteiger partial charge in [0, 0.05) is 25.3 Å². The van der Waals surface area contributed by atoms with Gasteiger partial charge < -0.3 is 14.4 Å². The summed E-state index contributed by atoms with van der Waals surface area (Å²) in [6.45, 7) is 4.90. The molecule has 0 N–H and O–H groups in total. The molecule has 1 aromatic carbocycles. The van der Waals surface area contributed by atoms with Crippen LogP contribution in [-0.4, -0.2) is 31.3 Å². The highest BCUT2D eigenvalue weighted by Crippen LogP contribution is 2.29. The van der Waals surface area contributed by atoms with Crippen LogP contribution in [0.5, 0.6) is 5.75 Å². The van der Waals surface area contributed by atoms with Crippen LogP contribution in [0.1, 0.15) is 25.8 Å². The first kappa shape index (κ1) is 14.6. The van der Waals surface area contributed by atoms with E-state index in [2.05, 4.69) is 6.08 Å². The molecule has 1 atom stereocenters. The molecule has 1 unspecified atom stereocenters. The first-order valence-electron chi connectivity index (χ1n) is 6.91. The van der Waals surface area contributed by atoms with Gasteiger partial charge in [0.25, 0.3) is 0 Å². The molecular formula is C16H21NO3. The van der Waals surface area contributed by atoms with Crippen molar-refractivity contribution < 1.29 is 14.3 Å². The smallest absolute Gasteiger partial charge is 0.230 e. The summed E-state index contributed by atoms with van der Waals surface area (Å²) < 4.78 is 10.2. The fourth-order valence-electron chi connectivity index (χ4n) is 2.33. The standard InChI is InChI=1S/C16H21NO3/c1-4-17-15(10-5-12(2)16(17)18)13-6-8-14(9-7-13)20-11-19-3/h6-10,12H,4-5,11H2,1-3H3. The second-order valence-corrected chi connectivity index (χ2v) is 4.88. The van der Waals surface area contributed by atoms with Crippen LogP contribution in [-0.2, 0) is 9.53 Å². The Bertz CT molecular complexity index is 493. The fraction of sp³-hybridized carbons (Fsp3) is 0.438. The number of amides is 1. The summed E-state index contributed by atoms with van der Waals surface area (Å²) in [5.74, 6) is 1.03. The van der Waals surface area contributed by atoms with Gasteiger partial charge in [-0.05, 0) is 43.2 Å². The Kier molecular flexibility index (Phi) is 4.79. The maximum atomic E-state index is 12.2. The summed E-state index contributed by atoms with van der Waals surface area (Å²) in [7, 11) is 1.59. The number of allylic oxidation sites excluding steroid dienone is 1. The molecule has 0 saturated carbocycles. The Hall–Kier alpha value is -1.81. The van der Waals surface area contributed by atoms with E-state index in [0.29, 0.717) is 6.54 Å². The van der Waals surface area contributed by atoms with E-state index in [4.69, 9.17) is 9.47 Å². The summed E-state index contributed by atoms with van der Waals surface area (Å²) in [4.78, 5) is 14.0. The van der Waals surface area contributed by atoms with Gasteiger partial charge in [-0.1, -0.05) is 13.0 Å². The van der Waals surface area contributed by atoms with Crippen LogP contribution in [0, 0.1) is 5.92 Å². The Balaban J connectivity index is 2.19. The van der Waals surface area contributed by atoms with Gasteiger partial charge in [0.05, 0.1) is 0 Å². The van der Waals surface area contributed by atoms with Crippen molar-refractivity contribution >= 4 is 11.6 Å². The third kappa shape index (κ3) is 3.02. The highest BCUT2D eigenvalue weighted by atomic mass is 16.7. The third-order valence-corrected chi connectivity index (χ3v) is 3.45. The average molecular weight is 275 g/mol. The van der Waals surface area contributed by atoms with E-state index in [9.17, 15) is 4.79 Å². The van der Waals surface area contributed by atoms with Crippen LogP contribution in [0.25, 0.3) is 5.70 Å². The van der Waals surface area contributed by atoms with Gasteiger partial charge in [-0.3, -0.25) is 4.79 Å². The lowest BCUT2D eigenvalue weighted by molar-refractivity contribution is -0.131. The molecule has 1 heterocycles. The van der Waals surface area contributed by atoms with Crippen LogP contribution in [0.2, 0.25) is 0 Å². The minimum absolute atomic E-state index is 0.0722. The number of ether oxygens (including phenoxy) is 2. The zero-order valence-corrected chi connectivity index (χ0v) is 12.3. The number of carbonyl (C=O) groups excluding carboxylic acids is 1. The average Bonchev–Trinajstić information content (AvgIpc) is 2.48. The van der Waals surface area contributed by atoms with E-state index in [-0.39, 0.29) is 18.6 Å². The normalized spacial score (nSPS) is 18.9. The van der Waals surface area contributed by atoms with Gasteiger partial charge in [-0.15, -0.1) is 0 Å². The molecule has 1 aliphatic heterocycles. The van der Waals surface area contributed by atoms with Crippen LogP contribution in [0.3, 0.4) is 0 Å². The molecular weight excluding hydrogens is 254 g/mol. The molecule has 1 aliphatic rings. The summed E-state index contributed by atoms with van der Waals surface area (Å²) in [5, 5.41) is 0. The van der Waals surface area contributed by atoms with Crippen molar-refractivity contribution in [2.45, 2.75) is 20.3 Å². The summed E-state index contributed by atoms with van der Waals surface area (Å²) >= 11 is 0. The lowest BCUT2D eigenvalue weighted by Gasteiger charge is -2.31. The number of carbonyl (C=O) groups is 1. The minimum Gasteiger partial charge on any atom is -0.468 e. The van der Waals surface area contributed by atoms with Crippen molar-refractivity contribution in [3.8, 4) is 5.75 Å². The van der Waals surface area contributed by atoms with Crippen molar-refractivity contribution in [3.05, 3.63) is 35.9 Å². The molecule has 4 heteroatoms. The third-order valence-electron chi connectivity index (χ3n) is 3.45. The molecule has 0 aromatic heterocycles. The Morgan fingerprint density at radius 2 is 2.00 bits per heavy atom. The zero-order valence-electron chi connectivity index (χ0n) is 12.3. The molecule has 0 fully saturated rings. The summed E-state index contributed by atoms with van der Waals surface area (Å²) in [5.41, 5.74) is 2.03. The van der Waals surface area contributed by atoms with E-state index < -0.39 is 0 Å². The number of methoxy groups -OCH3 is 1. The molecule has 20 heavy (non-hydrogen) atoms. The lowest BCUT2D eigenvalue weighted by Crippen LogP contribution is -2.36. The minimum atomic E-state index is 0.0722. The number of rotatable bonds is 5. The van der Waals surface area contributed by atoms with Crippen molar-refractivity contribution in [2.24, 2.45) is 5.92 Å². The molecule has 0 radical (unpaired) electrons. The van der Waals surface area contributed by atoms with Gasteiger partial charge in [0.15, 0.2) is 6.79 Å². The largest absolute Gasteiger partial charge is 0.468 e. The van der Waals surface area contributed by atoms with Gasteiger partial charge in [0.2, 0.25) is 5.91 Å². The predicted molar refractivity (Wildman–Crippen MR) is 78.1 cm³/mol.